The van der Waals surface area contributed by atoms with Crippen molar-refractivity contribution >= 4 is 29.6 Å². The number of hydrogen-bond donors (Lipinski definition) is 1. The van der Waals surface area contributed by atoms with Crippen LogP contribution in [0.5, 0.6) is 0 Å². The van der Waals surface area contributed by atoms with Crippen molar-refractivity contribution in [1.82, 2.24) is 19.8 Å². The molecule has 0 bridgehead atoms. The van der Waals surface area contributed by atoms with Gasteiger partial charge in [-0.05, 0) is 45.2 Å². The lowest BCUT2D eigenvalue weighted by Crippen LogP contribution is -2.57. The third-order valence-electron chi connectivity index (χ3n) is 5.35. The number of amides is 2. The van der Waals surface area contributed by atoms with E-state index in [9.17, 15) is 14.7 Å². The number of carbonyl (C=O) groups excluding carboxylic acids is 1. The molecular weight excluding hydrogens is 426 g/mol. The molecule has 0 saturated carbocycles. The Bertz CT molecular complexity index is 831. The highest BCUT2D eigenvalue weighted by atomic mass is 35.5. The van der Waals surface area contributed by atoms with E-state index >= 15 is 0 Å². The molecule has 3 heterocycles. The molecule has 3 rings (SSSR count). The topological polar surface area (TPSA) is 108 Å². The molecule has 31 heavy (non-hydrogen) atoms. The van der Waals surface area contributed by atoms with Crippen LogP contribution < -0.4 is 4.90 Å². The Morgan fingerprint density at radius 3 is 2.61 bits per heavy atom. The fourth-order valence-corrected chi connectivity index (χ4v) is 4.10. The van der Waals surface area contributed by atoms with Gasteiger partial charge in [-0.3, -0.25) is 0 Å². The SMILES string of the molecule is COCC[C@H]1CN(c2nc(Cl)nc3c2CCN(C(=O)O)C3)CCN1C(=O)OC(C)(C)C. The van der Waals surface area contributed by atoms with Crippen LogP contribution in [0.4, 0.5) is 15.4 Å². The summed E-state index contributed by atoms with van der Waals surface area (Å²) in [6, 6.07) is -0.118. The second-order valence-corrected chi connectivity index (χ2v) is 9.09. The number of carboxylic acid groups (broad SMARTS) is 1. The molecule has 10 nitrogen and oxygen atoms in total. The van der Waals surface area contributed by atoms with Gasteiger partial charge in [0.25, 0.3) is 0 Å². The maximum atomic E-state index is 12.8. The predicted molar refractivity (Wildman–Crippen MR) is 115 cm³/mol. The van der Waals surface area contributed by atoms with E-state index in [1.54, 1.807) is 12.0 Å². The molecule has 0 aliphatic carbocycles. The number of ether oxygens (including phenoxy) is 2. The van der Waals surface area contributed by atoms with Gasteiger partial charge in [0, 0.05) is 45.5 Å². The highest BCUT2D eigenvalue weighted by molar-refractivity contribution is 6.28. The molecule has 0 unspecified atom stereocenters. The minimum absolute atomic E-state index is 0.0870. The van der Waals surface area contributed by atoms with Crippen LogP contribution >= 0.6 is 11.6 Å². The lowest BCUT2D eigenvalue weighted by molar-refractivity contribution is 0.0105. The third-order valence-corrected chi connectivity index (χ3v) is 5.52. The molecule has 11 heteroatoms. The first-order valence-electron chi connectivity index (χ1n) is 10.4. The van der Waals surface area contributed by atoms with Crippen molar-refractivity contribution < 1.29 is 24.2 Å². The number of carbonyl (C=O) groups is 2. The van der Waals surface area contributed by atoms with E-state index in [1.165, 1.54) is 4.90 Å². The van der Waals surface area contributed by atoms with Crippen molar-refractivity contribution in [3.05, 3.63) is 16.5 Å². The first-order chi connectivity index (χ1) is 14.6. The van der Waals surface area contributed by atoms with Crippen LogP contribution in [0.25, 0.3) is 0 Å². The van der Waals surface area contributed by atoms with E-state index in [-0.39, 0.29) is 24.0 Å². The van der Waals surface area contributed by atoms with E-state index < -0.39 is 11.7 Å². The fraction of sp³-hybridized carbons (Fsp3) is 0.700. The second-order valence-electron chi connectivity index (χ2n) is 8.75. The van der Waals surface area contributed by atoms with Gasteiger partial charge < -0.3 is 29.3 Å². The third kappa shape index (κ3) is 5.68. The Hall–Kier alpha value is -2.33. The predicted octanol–water partition coefficient (Wildman–Crippen LogP) is 2.63. The highest BCUT2D eigenvalue weighted by Gasteiger charge is 2.35. The van der Waals surface area contributed by atoms with E-state index in [0.717, 1.165) is 5.56 Å². The van der Waals surface area contributed by atoms with Crippen molar-refractivity contribution in [2.24, 2.45) is 0 Å². The van der Waals surface area contributed by atoms with E-state index in [2.05, 4.69) is 14.9 Å². The molecular formula is C20H30ClN5O5. The quantitative estimate of drug-likeness (QED) is 0.690. The zero-order valence-corrected chi connectivity index (χ0v) is 19.2. The summed E-state index contributed by atoms with van der Waals surface area (Å²) in [6.45, 7) is 8.20. The van der Waals surface area contributed by atoms with Gasteiger partial charge in [-0.25, -0.2) is 19.6 Å². The Balaban J connectivity index is 1.83. The summed E-state index contributed by atoms with van der Waals surface area (Å²) >= 11 is 6.18. The average Bonchev–Trinajstić information content (AvgIpc) is 2.69. The van der Waals surface area contributed by atoms with Gasteiger partial charge in [0.2, 0.25) is 5.28 Å². The van der Waals surface area contributed by atoms with Crippen molar-refractivity contribution in [3.63, 3.8) is 0 Å². The number of hydrogen-bond acceptors (Lipinski definition) is 7. The first kappa shape index (κ1) is 23.3. The van der Waals surface area contributed by atoms with Gasteiger partial charge in [0.1, 0.15) is 11.4 Å². The normalized spacial score (nSPS) is 19.3. The molecule has 2 aliphatic heterocycles. The first-order valence-corrected chi connectivity index (χ1v) is 10.7. The minimum atomic E-state index is -0.979. The van der Waals surface area contributed by atoms with Crippen molar-refractivity contribution in [2.45, 2.75) is 51.8 Å². The molecule has 2 aliphatic rings. The number of halogens is 1. The number of anilines is 1. The van der Waals surface area contributed by atoms with E-state index in [1.807, 2.05) is 20.8 Å². The number of piperazine rings is 1. The number of nitrogens with zero attached hydrogens (tertiary/aromatic N) is 5. The van der Waals surface area contributed by atoms with E-state index in [0.29, 0.717) is 57.1 Å². The van der Waals surface area contributed by atoms with Gasteiger partial charge in [-0.2, -0.15) is 0 Å². The standard InChI is InChI=1S/C20H30ClN5O5/c1-20(2,3)31-19(29)26-9-8-24(11-13(26)6-10-30-4)16-14-5-7-25(18(27)28)12-15(14)22-17(21)23-16/h13H,5-12H2,1-4H3,(H,27,28)/t13-/m0/s1. The zero-order valence-electron chi connectivity index (χ0n) is 18.4. The number of fused-ring (bicyclic) bond motifs is 1. The summed E-state index contributed by atoms with van der Waals surface area (Å²) in [7, 11) is 1.63. The number of methoxy groups -OCH3 is 1. The van der Waals surface area contributed by atoms with Crippen LogP contribution in [0.2, 0.25) is 5.28 Å². The van der Waals surface area contributed by atoms with Crippen molar-refractivity contribution in [1.29, 1.82) is 0 Å². The molecule has 1 saturated heterocycles. The molecule has 1 N–H and O–H groups in total. The zero-order chi connectivity index (χ0) is 22.8. The number of rotatable bonds is 4. The van der Waals surface area contributed by atoms with Gasteiger partial charge in [0.05, 0.1) is 18.3 Å². The largest absolute Gasteiger partial charge is 0.465 e. The molecule has 2 amide bonds. The maximum Gasteiger partial charge on any atom is 0.410 e. The molecule has 1 atom stereocenters. The molecule has 0 spiro atoms. The number of aromatic nitrogens is 2. The summed E-state index contributed by atoms with van der Waals surface area (Å²) in [4.78, 5) is 38.0. The van der Waals surface area contributed by atoms with Crippen LogP contribution in [0.15, 0.2) is 0 Å². The van der Waals surface area contributed by atoms with Crippen LogP contribution in [-0.4, -0.2) is 88.6 Å². The van der Waals surface area contributed by atoms with Gasteiger partial charge >= 0.3 is 12.2 Å². The smallest absolute Gasteiger partial charge is 0.410 e. The molecule has 0 aromatic carbocycles. The Labute approximate surface area is 187 Å². The fourth-order valence-electron chi connectivity index (χ4n) is 3.92. The molecule has 1 aromatic rings. The highest BCUT2D eigenvalue weighted by Crippen LogP contribution is 2.30. The minimum Gasteiger partial charge on any atom is -0.465 e. The Morgan fingerprint density at radius 2 is 1.97 bits per heavy atom. The van der Waals surface area contributed by atoms with Crippen LogP contribution in [0, 0.1) is 0 Å². The Kier molecular flexibility index (Phi) is 7.10. The summed E-state index contributed by atoms with van der Waals surface area (Å²) in [6.07, 6.45) is -0.149. The summed E-state index contributed by atoms with van der Waals surface area (Å²) in [5.74, 6) is 0.714. The summed E-state index contributed by atoms with van der Waals surface area (Å²) in [5.41, 5.74) is 0.972. The van der Waals surface area contributed by atoms with Gasteiger partial charge in [0.15, 0.2) is 0 Å². The lowest BCUT2D eigenvalue weighted by atomic mass is 10.0. The summed E-state index contributed by atoms with van der Waals surface area (Å²) < 4.78 is 10.8. The van der Waals surface area contributed by atoms with Crippen molar-refractivity contribution in [3.8, 4) is 0 Å². The van der Waals surface area contributed by atoms with E-state index in [4.69, 9.17) is 21.1 Å². The van der Waals surface area contributed by atoms with Gasteiger partial charge in [-0.1, -0.05) is 0 Å². The van der Waals surface area contributed by atoms with Crippen LogP contribution in [0.3, 0.4) is 0 Å². The lowest BCUT2D eigenvalue weighted by Gasteiger charge is -2.43. The van der Waals surface area contributed by atoms with Crippen LogP contribution in [0.1, 0.15) is 38.4 Å². The molecule has 172 valence electrons. The summed E-state index contributed by atoms with van der Waals surface area (Å²) in [5, 5.41) is 9.40. The molecule has 1 fully saturated rings. The Morgan fingerprint density at radius 1 is 1.23 bits per heavy atom. The maximum absolute atomic E-state index is 12.8. The van der Waals surface area contributed by atoms with Crippen molar-refractivity contribution in [2.75, 3.05) is 44.8 Å². The second kappa shape index (κ2) is 9.44. The average molecular weight is 456 g/mol. The van der Waals surface area contributed by atoms with Gasteiger partial charge in [-0.15, -0.1) is 0 Å². The molecule has 1 aromatic heterocycles. The molecule has 0 radical (unpaired) electrons. The monoisotopic (exact) mass is 455 g/mol. The van der Waals surface area contributed by atoms with Crippen LogP contribution in [-0.2, 0) is 22.4 Å².